The molecule has 0 saturated heterocycles. The highest BCUT2D eigenvalue weighted by atomic mass is 16.6. The van der Waals surface area contributed by atoms with E-state index in [-0.39, 0.29) is 11.7 Å². The Bertz CT molecular complexity index is 306. The smallest absolute Gasteiger partial charge is 0.408 e. The van der Waals surface area contributed by atoms with E-state index in [0.717, 1.165) is 12.8 Å². The quantitative estimate of drug-likeness (QED) is 0.804. The van der Waals surface area contributed by atoms with Crippen LogP contribution in [-0.2, 0) is 9.53 Å². The fraction of sp³-hybridized carbons (Fsp3) is 0.833. The van der Waals surface area contributed by atoms with Gasteiger partial charge in [-0.1, -0.05) is 13.3 Å². The van der Waals surface area contributed by atoms with Crippen LogP contribution >= 0.6 is 0 Å². The number of rotatable bonds is 3. The second-order valence-electron chi connectivity index (χ2n) is 5.46. The Morgan fingerprint density at radius 1 is 1.44 bits per heavy atom. The molecule has 16 heavy (non-hydrogen) atoms. The first-order valence-electron chi connectivity index (χ1n) is 5.73. The normalized spacial score (nSPS) is 28.4. The number of carbonyl (C=O) groups is 2. The number of nitrogens with one attached hydrogen (secondary N) is 1. The van der Waals surface area contributed by atoms with Gasteiger partial charge in [0.15, 0.2) is 5.78 Å². The van der Waals surface area contributed by atoms with Gasteiger partial charge >= 0.3 is 6.09 Å². The summed E-state index contributed by atoms with van der Waals surface area (Å²) in [6.07, 6.45) is 1.13. The zero-order valence-electron chi connectivity index (χ0n) is 10.7. The lowest BCUT2D eigenvalue weighted by Gasteiger charge is -2.23. The number of ketones is 1. The molecule has 4 heteroatoms. The van der Waals surface area contributed by atoms with Crippen LogP contribution in [0.5, 0.6) is 0 Å². The van der Waals surface area contributed by atoms with Crippen molar-refractivity contribution in [2.24, 2.45) is 5.92 Å². The van der Waals surface area contributed by atoms with Crippen molar-refractivity contribution in [3.8, 4) is 0 Å². The molecule has 1 N–H and O–H groups in total. The molecule has 0 bridgehead atoms. The Hall–Kier alpha value is -1.06. The maximum Gasteiger partial charge on any atom is 0.408 e. The highest BCUT2D eigenvalue weighted by Crippen LogP contribution is 2.46. The van der Waals surface area contributed by atoms with Gasteiger partial charge in [0.25, 0.3) is 0 Å². The highest BCUT2D eigenvalue weighted by molar-refractivity contribution is 5.93. The zero-order chi connectivity index (χ0) is 12.6. The van der Waals surface area contributed by atoms with Crippen LogP contribution in [0.25, 0.3) is 0 Å². The number of carbonyl (C=O) groups excluding carboxylic acids is 2. The molecular formula is C12H21NO3. The fourth-order valence-electron chi connectivity index (χ4n) is 1.98. The van der Waals surface area contributed by atoms with Gasteiger partial charge in [0.2, 0.25) is 0 Å². The summed E-state index contributed by atoms with van der Waals surface area (Å²) in [6.45, 7) is 8.95. The van der Waals surface area contributed by atoms with Crippen LogP contribution < -0.4 is 5.32 Å². The van der Waals surface area contributed by atoms with Crippen LogP contribution in [0.4, 0.5) is 4.79 Å². The van der Waals surface area contributed by atoms with Gasteiger partial charge in [0.1, 0.15) is 11.1 Å². The van der Waals surface area contributed by atoms with E-state index >= 15 is 0 Å². The molecule has 0 radical (unpaired) electrons. The third-order valence-corrected chi connectivity index (χ3v) is 2.95. The second kappa shape index (κ2) is 4.07. The molecule has 1 amide bonds. The number of Topliss-reactive ketones (excluding diaryl/α,β-unsaturated/α-hetero) is 1. The van der Waals surface area contributed by atoms with Crippen LogP contribution in [0.15, 0.2) is 0 Å². The van der Waals surface area contributed by atoms with Crippen LogP contribution in [0.1, 0.15) is 47.5 Å². The molecule has 92 valence electrons. The van der Waals surface area contributed by atoms with Crippen molar-refractivity contribution in [2.75, 3.05) is 0 Å². The zero-order valence-corrected chi connectivity index (χ0v) is 10.7. The summed E-state index contributed by atoms with van der Waals surface area (Å²) >= 11 is 0. The maximum absolute atomic E-state index is 11.6. The number of alkyl carbamates (subject to hydrolysis) is 1. The molecule has 1 aliphatic rings. The molecule has 0 aromatic carbocycles. The molecule has 0 heterocycles. The van der Waals surface area contributed by atoms with E-state index in [1.165, 1.54) is 6.92 Å². The molecule has 2 atom stereocenters. The van der Waals surface area contributed by atoms with E-state index in [1.807, 2.05) is 6.92 Å². The SMILES string of the molecule is CC[C@H]1C[C@]1(NC(=O)OC(C)(C)C)C(C)=O. The predicted molar refractivity (Wildman–Crippen MR) is 61.2 cm³/mol. The maximum atomic E-state index is 11.6. The molecule has 1 fully saturated rings. The second-order valence-corrected chi connectivity index (χ2v) is 5.46. The van der Waals surface area contributed by atoms with Crippen molar-refractivity contribution in [2.45, 2.75) is 58.6 Å². The summed E-state index contributed by atoms with van der Waals surface area (Å²) in [4.78, 5) is 23.1. The van der Waals surface area contributed by atoms with Crippen LogP contribution in [-0.4, -0.2) is 23.0 Å². The Morgan fingerprint density at radius 3 is 2.31 bits per heavy atom. The molecule has 0 unspecified atom stereocenters. The first-order valence-corrected chi connectivity index (χ1v) is 5.73. The first kappa shape index (κ1) is 13.0. The Labute approximate surface area is 96.7 Å². The largest absolute Gasteiger partial charge is 0.444 e. The summed E-state index contributed by atoms with van der Waals surface area (Å²) in [6, 6.07) is 0. The van der Waals surface area contributed by atoms with Gasteiger partial charge in [-0.2, -0.15) is 0 Å². The number of hydrogen-bond donors (Lipinski definition) is 1. The van der Waals surface area contributed by atoms with Crippen LogP contribution in [0.3, 0.4) is 0 Å². The van der Waals surface area contributed by atoms with Gasteiger partial charge in [-0.15, -0.1) is 0 Å². The number of amides is 1. The lowest BCUT2D eigenvalue weighted by Crippen LogP contribution is -2.46. The fourth-order valence-corrected chi connectivity index (χ4v) is 1.98. The van der Waals surface area contributed by atoms with E-state index < -0.39 is 17.2 Å². The minimum atomic E-state index is -0.656. The summed E-state index contributed by atoms with van der Waals surface area (Å²) in [7, 11) is 0. The molecule has 1 rings (SSSR count). The average Bonchev–Trinajstić information content (AvgIpc) is 2.76. The topological polar surface area (TPSA) is 55.4 Å². The van der Waals surface area contributed by atoms with Gasteiger partial charge in [0.05, 0.1) is 0 Å². The Balaban J connectivity index is 2.59. The van der Waals surface area contributed by atoms with E-state index in [9.17, 15) is 9.59 Å². The highest BCUT2D eigenvalue weighted by Gasteiger charge is 2.58. The van der Waals surface area contributed by atoms with E-state index in [0.29, 0.717) is 0 Å². The van der Waals surface area contributed by atoms with Gasteiger partial charge in [-0.3, -0.25) is 4.79 Å². The van der Waals surface area contributed by atoms with Crippen molar-refractivity contribution < 1.29 is 14.3 Å². The molecule has 1 saturated carbocycles. The Morgan fingerprint density at radius 2 is 2.00 bits per heavy atom. The molecule has 0 aromatic heterocycles. The monoisotopic (exact) mass is 227 g/mol. The van der Waals surface area contributed by atoms with Crippen LogP contribution in [0.2, 0.25) is 0 Å². The van der Waals surface area contributed by atoms with Gasteiger partial charge in [-0.25, -0.2) is 4.79 Å². The standard InChI is InChI=1S/C12H21NO3/c1-6-9-7-12(9,8(2)14)13-10(15)16-11(3,4)5/h9H,6-7H2,1-5H3,(H,13,15)/t9-,12-/m0/s1. The lowest BCUT2D eigenvalue weighted by atomic mass is 10.1. The number of ether oxygens (including phenoxy) is 1. The first-order chi connectivity index (χ1) is 7.21. The lowest BCUT2D eigenvalue weighted by molar-refractivity contribution is -0.120. The van der Waals surface area contributed by atoms with E-state index in [1.54, 1.807) is 20.8 Å². The summed E-state index contributed by atoms with van der Waals surface area (Å²) in [5, 5.41) is 2.71. The van der Waals surface area contributed by atoms with Crippen molar-refractivity contribution >= 4 is 11.9 Å². The van der Waals surface area contributed by atoms with Gasteiger partial charge < -0.3 is 10.1 Å². The van der Waals surface area contributed by atoms with Crippen molar-refractivity contribution in [1.82, 2.24) is 5.32 Å². The van der Waals surface area contributed by atoms with Crippen molar-refractivity contribution in [3.63, 3.8) is 0 Å². The number of hydrogen-bond acceptors (Lipinski definition) is 3. The summed E-state index contributed by atoms with van der Waals surface area (Å²) in [5.74, 6) is 0.280. The predicted octanol–water partition coefficient (Wildman–Crippen LogP) is 2.27. The molecule has 0 spiro atoms. The van der Waals surface area contributed by atoms with E-state index in [2.05, 4.69) is 5.32 Å². The Kier molecular flexibility index (Phi) is 3.31. The molecule has 0 aromatic rings. The molecule has 0 aliphatic heterocycles. The van der Waals surface area contributed by atoms with Gasteiger partial charge in [-0.05, 0) is 40.0 Å². The third kappa shape index (κ3) is 2.74. The van der Waals surface area contributed by atoms with Crippen molar-refractivity contribution in [1.29, 1.82) is 0 Å². The van der Waals surface area contributed by atoms with Gasteiger partial charge in [0, 0.05) is 0 Å². The van der Waals surface area contributed by atoms with Crippen molar-refractivity contribution in [3.05, 3.63) is 0 Å². The van der Waals surface area contributed by atoms with E-state index in [4.69, 9.17) is 4.74 Å². The molecule has 4 nitrogen and oxygen atoms in total. The molecular weight excluding hydrogens is 206 g/mol. The molecule has 1 aliphatic carbocycles. The van der Waals surface area contributed by atoms with Crippen LogP contribution in [0, 0.1) is 5.92 Å². The average molecular weight is 227 g/mol. The minimum Gasteiger partial charge on any atom is -0.444 e. The third-order valence-electron chi connectivity index (χ3n) is 2.95. The minimum absolute atomic E-state index is 0.0187. The summed E-state index contributed by atoms with van der Waals surface area (Å²) < 4.78 is 5.15. The summed E-state index contributed by atoms with van der Waals surface area (Å²) in [5.41, 5.74) is -1.18.